The second-order valence-corrected chi connectivity index (χ2v) is 3.81. The van der Waals surface area contributed by atoms with Crippen LogP contribution in [-0.2, 0) is 16.0 Å². The minimum Gasteiger partial charge on any atom is -0.466 e. The van der Waals surface area contributed by atoms with Crippen molar-refractivity contribution >= 4 is 22.6 Å². The molecule has 0 aliphatic rings. The van der Waals surface area contributed by atoms with E-state index in [-0.39, 0.29) is 5.97 Å². The first-order valence-electron chi connectivity index (χ1n) is 5.62. The number of carbonyl (C=O) groups excluding carboxylic acids is 1. The third-order valence-corrected chi connectivity index (χ3v) is 2.47. The molecule has 90 valence electrons. The van der Waals surface area contributed by atoms with Gasteiger partial charge in [0.1, 0.15) is 11.3 Å². The molecule has 0 unspecified atom stereocenters. The Hall–Kier alpha value is -1.97. The van der Waals surface area contributed by atoms with Gasteiger partial charge in [0.2, 0.25) is 0 Å². The summed E-state index contributed by atoms with van der Waals surface area (Å²) in [5.41, 5.74) is 7.17. The van der Waals surface area contributed by atoms with Gasteiger partial charge in [-0.05, 0) is 31.2 Å². The van der Waals surface area contributed by atoms with Crippen molar-refractivity contribution in [1.82, 2.24) is 0 Å². The number of esters is 1. The Morgan fingerprint density at radius 2 is 2.24 bits per heavy atom. The highest BCUT2D eigenvalue weighted by molar-refractivity contribution is 5.81. The number of rotatable bonds is 4. The van der Waals surface area contributed by atoms with Crippen LogP contribution in [0.15, 0.2) is 28.7 Å². The second-order valence-electron chi connectivity index (χ2n) is 3.81. The number of anilines is 1. The number of furan rings is 1. The molecule has 0 saturated heterocycles. The summed E-state index contributed by atoms with van der Waals surface area (Å²) in [6, 6.07) is 7.39. The number of aryl methyl sites for hydroxylation is 1. The summed E-state index contributed by atoms with van der Waals surface area (Å²) in [6.45, 7) is 2.21. The zero-order chi connectivity index (χ0) is 12.3. The fourth-order valence-corrected chi connectivity index (χ4v) is 1.70. The summed E-state index contributed by atoms with van der Waals surface area (Å²) in [7, 11) is 0. The van der Waals surface area contributed by atoms with E-state index in [1.165, 1.54) is 0 Å². The zero-order valence-electron chi connectivity index (χ0n) is 9.73. The molecule has 0 aliphatic carbocycles. The third-order valence-electron chi connectivity index (χ3n) is 2.47. The van der Waals surface area contributed by atoms with Crippen molar-refractivity contribution in [1.29, 1.82) is 0 Å². The van der Waals surface area contributed by atoms with Crippen LogP contribution < -0.4 is 5.73 Å². The predicted molar refractivity (Wildman–Crippen MR) is 65.6 cm³/mol. The van der Waals surface area contributed by atoms with E-state index in [1.54, 1.807) is 13.0 Å². The van der Waals surface area contributed by atoms with E-state index >= 15 is 0 Å². The lowest BCUT2D eigenvalue weighted by molar-refractivity contribution is -0.143. The van der Waals surface area contributed by atoms with E-state index in [9.17, 15) is 4.79 Å². The number of fused-ring (bicyclic) bond motifs is 1. The standard InChI is InChI=1S/C13H15NO3/c1-2-16-13(15)6-4-11-8-9-7-10(14)3-5-12(9)17-11/h3,5,7-8H,2,4,6,14H2,1H3. The molecule has 2 N–H and O–H groups in total. The van der Waals surface area contributed by atoms with Crippen LogP contribution in [0.1, 0.15) is 19.1 Å². The van der Waals surface area contributed by atoms with Gasteiger partial charge in [-0.1, -0.05) is 0 Å². The molecular formula is C13H15NO3. The highest BCUT2D eigenvalue weighted by atomic mass is 16.5. The van der Waals surface area contributed by atoms with Gasteiger partial charge in [-0.2, -0.15) is 0 Å². The number of nitrogens with two attached hydrogens (primary N) is 1. The average molecular weight is 233 g/mol. The van der Waals surface area contributed by atoms with Crippen LogP contribution in [0.2, 0.25) is 0 Å². The van der Waals surface area contributed by atoms with Gasteiger partial charge in [-0.15, -0.1) is 0 Å². The van der Waals surface area contributed by atoms with E-state index in [2.05, 4.69) is 0 Å². The van der Waals surface area contributed by atoms with Crippen molar-refractivity contribution in [2.45, 2.75) is 19.8 Å². The Labute approximate surface area is 99.3 Å². The molecule has 1 heterocycles. The number of ether oxygens (including phenoxy) is 1. The van der Waals surface area contributed by atoms with Crippen LogP contribution in [0.3, 0.4) is 0 Å². The van der Waals surface area contributed by atoms with Gasteiger partial charge in [0, 0.05) is 17.5 Å². The molecule has 0 radical (unpaired) electrons. The maximum atomic E-state index is 11.2. The maximum Gasteiger partial charge on any atom is 0.306 e. The summed E-state index contributed by atoms with van der Waals surface area (Å²) >= 11 is 0. The van der Waals surface area contributed by atoms with Crippen molar-refractivity contribution in [2.24, 2.45) is 0 Å². The average Bonchev–Trinajstić information content (AvgIpc) is 2.68. The molecule has 0 spiro atoms. The molecule has 4 nitrogen and oxygen atoms in total. The summed E-state index contributed by atoms with van der Waals surface area (Å²) < 4.78 is 10.4. The fraction of sp³-hybridized carbons (Fsp3) is 0.308. The number of hydrogen-bond acceptors (Lipinski definition) is 4. The minimum atomic E-state index is -0.201. The fourth-order valence-electron chi connectivity index (χ4n) is 1.70. The number of nitrogen functional groups attached to an aromatic ring is 1. The number of benzene rings is 1. The van der Waals surface area contributed by atoms with Gasteiger partial charge >= 0.3 is 5.97 Å². The third kappa shape index (κ3) is 2.78. The molecule has 0 saturated carbocycles. The van der Waals surface area contributed by atoms with Crippen molar-refractivity contribution in [3.05, 3.63) is 30.0 Å². The lowest BCUT2D eigenvalue weighted by Gasteiger charge is -1.98. The first-order chi connectivity index (χ1) is 8.19. The van der Waals surface area contributed by atoms with Crippen molar-refractivity contribution in [2.75, 3.05) is 12.3 Å². The molecule has 0 atom stereocenters. The highest BCUT2D eigenvalue weighted by Crippen LogP contribution is 2.22. The van der Waals surface area contributed by atoms with Crippen molar-refractivity contribution in [3.63, 3.8) is 0 Å². The van der Waals surface area contributed by atoms with E-state index in [0.717, 1.165) is 16.7 Å². The largest absolute Gasteiger partial charge is 0.466 e. The van der Waals surface area contributed by atoms with Crippen LogP contribution in [0.4, 0.5) is 5.69 Å². The SMILES string of the molecule is CCOC(=O)CCc1cc2cc(N)ccc2o1. The van der Waals surface area contributed by atoms with Gasteiger partial charge in [-0.3, -0.25) is 4.79 Å². The molecule has 1 aromatic carbocycles. The quantitative estimate of drug-likeness (QED) is 0.651. The Morgan fingerprint density at radius 3 is 3.00 bits per heavy atom. The smallest absolute Gasteiger partial charge is 0.306 e. The molecule has 0 bridgehead atoms. The summed E-state index contributed by atoms with van der Waals surface area (Å²) in [4.78, 5) is 11.2. The van der Waals surface area contributed by atoms with E-state index in [0.29, 0.717) is 25.1 Å². The molecule has 0 fully saturated rings. The topological polar surface area (TPSA) is 65.5 Å². The van der Waals surface area contributed by atoms with Crippen LogP contribution >= 0.6 is 0 Å². The van der Waals surface area contributed by atoms with Crippen LogP contribution in [0, 0.1) is 0 Å². The lowest BCUT2D eigenvalue weighted by atomic mass is 10.2. The molecule has 0 amide bonds. The predicted octanol–water partition coefficient (Wildman–Crippen LogP) is 2.51. The molecular weight excluding hydrogens is 218 g/mol. The normalized spacial score (nSPS) is 10.6. The molecule has 17 heavy (non-hydrogen) atoms. The molecule has 4 heteroatoms. The maximum absolute atomic E-state index is 11.2. The summed E-state index contributed by atoms with van der Waals surface area (Å²) in [5, 5.41) is 0.962. The van der Waals surface area contributed by atoms with Crippen LogP contribution in [0.5, 0.6) is 0 Å². The van der Waals surface area contributed by atoms with Crippen molar-refractivity contribution in [3.8, 4) is 0 Å². The Bertz CT molecular complexity index is 530. The van der Waals surface area contributed by atoms with Gasteiger partial charge in [0.05, 0.1) is 13.0 Å². The highest BCUT2D eigenvalue weighted by Gasteiger charge is 2.07. The Kier molecular flexibility index (Phi) is 3.32. The lowest BCUT2D eigenvalue weighted by Crippen LogP contribution is -2.04. The van der Waals surface area contributed by atoms with Gasteiger partial charge in [0.15, 0.2) is 0 Å². The zero-order valence-corrected chi connectivity index (χ0v) is 9.73. The Morgan fingerprint density at radius 1 is 1.41 bits per heavy atom. The summed E-state index contributed by atoms with van der Waals surface area (Å²) in [6.07, 6.45) is 0.885. The first kappa shape index (κ1) is 11.5. The second kappa shape index (κ2) is 4.91. The van der Waals surface area contributed by atoms with Gasteiger partial charge in [-0.25, -0.2) is 0 Å². The molecule has 1 aromatic heterocycles. The summed E-state index contributed by atoms with van der Waals surface area (Å²) in [5.74, 6) is 0.575. The van der Waals surface area contributed by atoms with Gasteiger partial charge < -0.3 is 14.9 Å². The van der Waals surface area contributed by atoms with E-state index in [4.69, 9.17) is 14.9 Å². The first-order valence-corrected chi connectivity index (χ1v) is 5.62. The van der Waals surface area contributed by atoms with Crippen LogP contribution in [-0.4, -0.2) is 12.6 Å². The monoisotopic (exact) mass is 233 g/mol. The Balaban J connectivity index is 2.07. The van der Waals surface area contributed by atoms with E-state index in [1.807, 2.05) is 18.2 Å². The number of hydrogen-bond donors (Lipinski definition) is 1. The van der Waals surface area contributed by atoms with E-state index < -0.39 is 0 Å². The van der Waals surface area contributed by atoms with Crippen LogP contribution in [0.25, 0.3) is 11.0 Å². The van der Waals surface area contributed by atoms with Crippen molar-refractivity contribution < 1.29 is 13.9 Å². The molecule has 2 rings (SSSR count). The molecule has 2 aromatic rings. The van der Waals surface area contributed by atoms with Gasteiger partial charge in [0.25, 0.3) is 0 Å². The molecule has 0 aliphatic heterocycles. The minimum absolute atomic E-state index is 0.201. The number of carbonyl (C=O) groups is 1.